The van der Waals surface area contributed by atoms with Crippen LogP contribution in [0.1, 0.15) is 5.01 Å². The van der Waals surface area contributed by atoms with Crippen LogP contribution in [0.5, 0.6) is 0 Å². The molecule has 102 valence electrons. The van der Waals surface area contributed by atoms with Crippen molar-refractivity contribution in [1.82, 2.24) is 4.98 Å². The fourth-order valence-electron chi connectivity index (χ4n) is 1.80. The van der Waals surface area contributed by atoms with Gasteiger partial charge >= 0.3 is 0 Å². The van der Waals surface area contributed by atoms with Gasteiger partial charge in [0.25, 0.3) is 0 Å². The lowest BCUT2D eigenvalue weighted by molar-refractivity contribution is 0.628. The van der Waals surface area contributed by atoms with Crippen molar-refractivity contribution in [2.24, 2.45) is 0 Å². The molecule has 0 unspecified atom stereocenters. The fourth-order valence-corrected chi connectivity index (χ4v) is 3.14. The molecule has 0 atom stereocenters. The minimum absolute atomic E-state index is 0.253. The van der Waals surface area contributed by atoms with Crippen LogP contribution in [-0.4, -0.2) is 4.98 Å². The number of aromatic nitrogens is 1. The third kappa shape index (κ3) is 2.73. The maximum Gasteiger partial charge on any atom is 0.123 e. The Bertz CT molecular complexity index is 756. The summed E-state index contributed by atoms with van der Waals surface area (Å²) >= 11 is 13.6. The average Bonchev–Trinajstić information content (AvgIpc) is 2.86. The standard InChI is InChI=1S/C14H9Cl2FN2S/c15-10-5-6-11-14(13(10)16)19-12(20-11)7-18-9-3-1-8(17)2-4-9/h1-6,18H,7H2. The van der Waals surface area contributed by atoms with Crippen LogP contribution in [0.2, 0.25) is 10.0 Å². The minimum Gasteiger partial charge on any atom is -0.379 e. The van der Waals surface area contributed by atoms with Crippen LogP contribution in [0.3, 0.4) is 0 Å². The number of nitrogens with zero attached hydrogens (tertiary/aromatic N) is 1. The molecular weight excluding hydrogens is 318 g/mol. The number of rotatable bonds is 3. The summed E-state index contributed by atoms with van der Waals surface area (Å²) in [5.74, 6) is -0.253. The Kier molecular flexibility index (Phi) is 3.78. The van der Waals surface area contributed by atoms with Gasteiger partial charge in [0.05, 0.1) is 21.3 Å². The smallest absolute Gasteiger partial charge is 0.123 e. The molecule has 20 heavy (non-hydrogen) atoms. The first kappa shape index (κ1) is 13.6. The molecule has 3 aromatic rings. The van der Waals surface area contributed by atoms with Gasteiger partial charge in [-0.2, -0.15) is 0 Å². The third-order valence-corrected chi connectivity index (χ3v) is 4.60. The zero-order valence-corrected chi connectivity index (χ0v) is 12.5. The van der Waals surface area contributed by atoms with E-state index in [9.17, 15) is 4.39 Å². The number of halogens is 3. The molecule has 0 aliphatic carbocycles. The Morgan fingerprint density at radius 2 is 1.85 bits per heavy atom. The Labute approximate surface area is 129 Å². The van der Waals surface area contributed by atoms with E-state index in [2.05, 4.69) is 10.3 Å². The average molecular weight is 327 g/mol. The largest absolute Gasteiger partial charge is 0.379 e. The molecule has 0 bridgehead atoms. The molecule has 3 rings (SSSR count). The summed E-state index contributed by atoms with van der Waals surface area (Å²) in [5.41, 5.74) is 1.56. The molecule has 0 fully saturated rings. The van der Waals surface area contributed by atoms with Crippen LogP contribution in [-0.2, 0) is 6.54 Å². The van der Waals surface area contributed by atoms with Gasteiger partial charge in [-0.25, -0.2) is 9.37 Å². The van der Waals surface area contributed by atoms with E-state index < -0.39 is 0 Å². The Hall–Kier alpha value is -1.36. The first-order valence-corrected chi connectivity index (χ1v) is 7.43. The van der Waals surface area contributed by atoms with Crippen molar-refractivity contribution in [3.05, 3.63) is 57.3 Å². The van der Waals surface area contributed by atoms with Crippen LogP contribution in [0.4, 0.5) is 10.1 Å². The number of fused-ring (bicyclic) bond motifs is 1. The molecule has 6 heteroatoms. The van der Waals surface area contributed by atoms with E-state index in [-0.39, 0.29) is 5.82 Å². The minimum atomic E-state index is -0.253. The second-order valence-corrected chi connectivity index (χ2v) is 6.08. The van der Waals surface area contributed by atoms with Gasteiger partial charge in [-0.15, -0.1) is 11.3 Å². The van der Waals surface area contributed by atoms with Gasteiger partial charge in [-0.05, 0) is 36.4 Å². The number of nitrogens with one attached hydrogen (secondary N) is 1. The maximum atomic E-state index is 12.8. The highest BCUT2D eigenvalue weighted by molar-refractivity contribution is 7.18. The molecule has 1 N–H and O–H groups in total. The van der Waals surface area contributed by atoms with Crippen molar-refractivity contribution in [2.75, 3.05) is 5.32 Å². The van der Waals surface area contributed by atoms with Crippen LogP contribution in [0.15, 0.2) is 36.4 Å². The highest BCUT2D eigenvalue weighted by Crippen LogP contribution is 2.33. The molecule has 1 aromatic heterocycles. The van der Waals surface area contributed by atoms with Crippen molar-refractivity contribution < 1.29 is 4.39 Å². The SMILES string of the molecule is Fc1ccc(NCc2nc3c(Cl)c(Cl)ccc3s2)cc1. The molecule has 0 amide bonds. The zero-order chi connectivity index (χ0) is 14.1. The Morgan fingerprint density at radius 3 is 2.60 bits per heavy atom. The van der Waals surface area contributed by atoms with Crippen LogP contribution in [0.25, 0.3) is 10.2 Å². The van der Waals surface area contributed by atoms with Crippen LogP contribution >= 0.6 is 34.5 Å². The van der Waals surface area contributed by atoms with Crippen molar-refractivity contribution >= 4 is 50.4 Å². The quantitative estimate of drug-likeness (QED) is 0.701. The summed E-state index contributed by atoms with van der Waals surface area (Å²) < 4.78 is 13.8. The monoisotopic (exact) mass is 326 g/mol. The Balaban J connectivity index is 1.81. The first-order chi connectivity index (χ1) is 9.63. The molecule has 0 radical (unpaired) electrons. The van der Waals surface area contributed by atoms with Gasteiger partial charge in [0.15, 0.2) is 0 Å². The van der Waals surface area contributed by atoms with Gasteiger partial charge in [-0.3, -0.25) is 0 Å². The van der Waals surface area contributed by atoms with Gasteiger partial charge in [-0.1, -0.05) is 23.2 Å². The predicted molar refractivity (Wildman–Crippen MR) is 83.4 cm³/mol. The molecule has 1 heterocycles. The topological polar surface area (TPSA) is 24.9 Å². The van der Waals surface area contributed by atoms with E-state index in [4.69, 9.17) is 23.2 Å². The third-order valence-electron chi connectivity index (χ3n) is 2.78. The molecule has 2 aromatic carbocycles. The molecule has 0 aliphatic rings. The maximum absolute atomic E-state index is 12.8. The fraction of sp³-hybridized carbons (Fsp3) is 0.0714. The summed E-state index contributed by atoms with van der Waals surface area (Å²) in [6, 6.07) is 9.87. The molecule has 2 nitrogen and oxygen atoms in total. The summed E-state index contributed by atoms with van der Waals surface area (Å²) in [6.45, 7) is 0.554. The highest BCUT2D eigenvalue weighted by atomic mass is 35.5. The molecule has 0 saturated heterocycles. The molecule has 0 saturated carbocycles. The van der Waals surface area contributed by atoms with Crippen molar-refractivity contribution in [2.45, 2.75) is 6.54 Å². The number of hydrogen-bond donors (Lipinski definition) is 1. The number of benzene rings is 2. The zero-order valence-electron chi connectivity index (χ0n) is 10.2. The van der Waals surface area contributed by atoms with E-state index in [1.165, 1.54) is 12.1 Å². The number of thiazole rings is 1. The first-order valence-electron chi connectivity index (χ1n) is 5.86. The lowest BCUT2D eigenvalue weighted by Crippen LogP contribution is -1.98. The molecule has 0 spiro atoms. The van der Waals surface area contributed by atoms with Gasteiger partial charge in [0.2, 0.25) is 0 Å². The van der Waals surface area contributed by atoms with Gasteiger partial charge in [0.1, 0.15) is 16.3 Å². The van der Waals surface area contributed by atoms with Crippen LogP contribution < -0.4 is 5.32 Å². The summed E-state index contributed by atoms with van der Waals surface area (Å²) in [6.07, 6.45) is 0. The van der Waals surface area contributed by atoms with E-state index in [1.807, 2.05) is 6.07 Å². The van der Waals surface area contributed by atoms with E-state index in [0.29, 0.717) is 16.6 Å². The highest BCUT2D eigenvalue weighted by Gasteiger charge is 2.09. The van der Waals surface area contributed by atoms with Gasteiger partial charge < -0.3 is 5.32 Å². The van der Waals surface area contributed by atoms with Gasteiger partial charge in [0, 0.05) is 5.69 Å². The molecular formula is C14H9Cl2FN2S. The predicted octanol–water partition coefficient (Wildman–Crippen LogP) is 5.35. The summed E-state index contributed by atoms with van der Waals surface area (Å²) in [4.78, 5) is 4.47. The second-order valence-electron chi connectivity index (χ2n) is 4.18. The summed E-state index contributed by atoms with van der Waals surface area (Å²) in [5, 5.41) is 5.07. The lowest BCUT2D eigenvalue weighted by atomic mass is 10.3. The van der Waals surface area contributed by atoms with Crippen molar-refractivity contribution in [3.63, 3.8) is 0 Å². The second kappa shape index (κ2) is 5.56. The normalized spacial score (nSPS) is 10.9. The Morgan fingerprint density at radius 1 is 1.10 bits per heavy atom. The van der Waals surface area contributed by atoms with Crippen LogP contribution in [0, 0.1) is 5.82 Å². The lowest BCUT2D eigenvalue weighted by Gasteiger charge is -2.03. The number of anilines is 1. The van der Waals surface area contributed by atoms with E-state index in [1.54, 1.807) is 29.5 Å². The van der Waals surface area contributed by atoms with E-state index >= 15 is 0 Å². The van der Waals surface area contributed by atoms with Crippen molar-refractivity contribution in [3.8, 4) is 0 Å². The number of hydrogen-bond acceptors (Lipinski definition) is 3. The summed E-state index contributed by atoms with van der Waals surface area (Å²) in [7, 11) is 0. The molecule has 0 aliphatic heterocycles. The van der Waals surface area contributed by atoms with E-state index in [0.717, 1.165) is 20.9 Å². The van der Waals surface area contributed by atoms with Crippen molar-refractivity contribution in [1.29, 1.82) is 0 Å².